The summed E-state index contributed by atoms with van der Waals surface area (Å²) in [6.07, 6.45) is 0. The second-order valence-electron chi connectivity index (χ2n) is 3.85. The van der Waals surface area contributed by atoms with Crippen LogP contribution < -0.4 is 5.32 Å². The summed E-state index contributed by atoms with van der Waals surface area (Å²) in [5, 5.41) is 15.5. The van der Waals surface area contributed by atoms with E-state index >= 15 is 0 Å². The molecule has 0 aliphatic carbocycles. The zero-order chi connectivity index (χ0) is 13.5. The van der Waals surface area contributed by atoms with Crippen molar-refractivity contribution in [2.24, 2.45) is 0 Å². The molecule has 0 fully saturated rings. The van der Waals surface area contributed by atoms with Crippen LogP contribution in [0.3, 0.4) is 0 Å². The molecule has 0 aliphatic heterocycles. The fourth-order valence-corrected chi connectivity index (χ4v) is 2.23. The third-order valence-corrected chi connectivity index (χ3v) is 3.20. The summed E-state index contributed by atoms with van der Waals surface area (Å²) in [4.78, 5) is 12.0. The highest BCUT2D eigenvalue weighted by Gasteiger charge is 2.05. The van der Waals surface area contributed by atoms with Gasteiger partial charge in [0.2, 0.25) is 0 Å². The third-order valence-electron chi connectivity index (χ3n) is 2.47. The lowest BCUT2D eigenvalue weighted by molar-refractivity contribution is 0.0951. The van der Waals surface area contributed by atoms with E-state index in [9.17, 15) is 4.79 Å². The number of carbonyl (C=O) groups excluding carboxylic acids is 1. The SMILES string of the molecule is O=C(NCc1ccsc1)c1cccc(C#CCO)c1. The number of benzene rings is 1. The maximum absolute atomic E-state index is 12.0. The van der Waals surface area contributed by atoms with E-state index in [0.29, 0.717) is 12.1 Å². The first-order valence-corrected chi connectivity index (χ1v) is 6.73. The van der Waals surface area contributed by atoms with Crippen LogP contribution in [-0.4, -0.2) is 17.6 Å². The lowest BCUT2D eigenvalue weighted by atomic mass is 10.1. The van der Waals surface area contributed by atoms with Crippen LogP contribution in [-0.2, 0) is 6.54 Å². The predicted octanol–water partition coefficient (Wildman–Crippen LogP) is 2.02. The summed E-state index contributed by atoms with van der Waals surface area (Å²) in [7, 11) is 0. The molecule has 0 radical (unpaired) electrons. The summed E-state index contributed by atoms with van der Waals surface area (Å²) in [5.41, 5.74) is 2.38. The predicted molar refractivity (Wildman–Crippen MR) is 75.9 cm³/mol. The smallest absolute Gasteiger partial charge is 0.251 e. The molecule has 19 heavy (non-hydrogen) atoms. The van der Waals surface area contributed by atoms with E-state index in [1.807, 2.05) is 16.8 Å². The van der Waals surface area contributed by atoms with Crippen molar-refractivity contribution in [3.05, 3.63) is 57.8 Å². The molecule has 0 unspecified atom stereocenters. The van der Waals surface area contributed by atoms with Gasteiger partial charge in [-0.2, -0.15) is 11.3 Å². The molecular weight excluding hydrogens is 258 g/mol. The molecule has 2 N–H and O–H groups in total. The van der Waals surface area contributed by atoms with Crippen molar-refractivity contribution in [1.82, 2.24) is 5.32 Å². The van der Waals surface area contributed by atoms with Gasteiger partial charge in [0.25, 0.3) is 5.91 Å². The molecule has 0 bridgehead atoms. The highest BCUT2D eigenvalue weighted by atomic mass is 32.1. The molecule has 3 nitrogen and oxygen atoms in total. The molecule has 0 saturated carbocycles. The van der Waals surface area contributed by atoms with Crippen LogP contribution in [0.25, 0.3) is 0 Å². The van der Waals surface area contributed by atoms with Gasteiger partial charge in [0.1, 0.15) is 6.61 Å². The number of nitrogens with one attached hydrogen (secondary N) is 1. The first-order chi connectivity index (χ1) is 9.29. The highest BCUT2D eigenvalue weighted by molar-refractivity contribution is 7.07. The average molecular weight is 271 g/mol. The molecule has 96 valence electrons. The molecule has 0 atom stereocenters. The van der Waals surface area contributed by atoms with Crippen molar-refractivity contribution in [1.29, 1.82) is 0 Å². The van der Waals surface area contributed by atoms with Gasteiger partial charge in [-0.3, -0.25) is 4.79 Å². The number of hydrogen-bond donors (Lipinski definition) is 2. The van der Waals surface area contributed by atoms with Crippen molar-refractivity contribution in [3.8, 4) is 11.8 Å². The normalized spacial score (nSPS) is 9.53. The number of amides is 1. The molecule has 4 heteroatoms. The fraction of sp³-hybridized carbons (Fsp3) is 0.133. The largest absolute Gasteiger partial charge is 0.384 e. The number of carbonyl (C=O) groups is 1. The van der Waals surface area contributed by atoms with Crippen molar-refractivity contribution in [3.63, 3.8) is 0 Å². The van der Waals surface area contributed by atoms with E-state index < -0.39 is 0 Å². The summed E-state index contributed by atoms with van der Waals surface area (Å²) in [6, 6.07) is 9.02. The zero-order valence-corrected chi connectivity index (χ0v) is 11.0. The minimum atomic E-state index is -0.186. The quantitative estimate of drug-likeness (QED) is 0.839. The Labute approximate surface area is 115 Å². The van der Waals surface area contributed by atoms with Crippen molar-refractivity contribution >= 4 is 17.2 Å². The Morgan fingerprint density at radius 3 is 3.00 bits per heavy atom. The minimum Gasteiger partial charge on any atom is -0.384 e. The topological polar surface area (TPSA) is 49.3 Å². The maximum atomic E-state index is 12.0. The first kappa shape index (κ1) is 13.3. The number of aliphatic hydroxyl groups excluding tert-OH is 1. The molecule has 0 saturated heterocycles. The van der Waals surface area contributed by atoms with Crippen LogP contribution in [0.4, 0.5) is 0 Å². The first-order valence-electron chi connectivity index (χ1n) is 5.78. The summed E-state index contributed by atoms with van der Waals surface area (Å²) >= 11 is 1.61. The van der Waals surface area contributed by atoms with Gasteiger partial charge in [-0.1, -0.05) is 17.9 Å². The Kier molecular flexibility index (Phi) is 4.73. The van der Waals surface area contributed by atoms with Crippen LogP contribution in [0.1, 0.15) is 21.5 Å². The number of aliphatic hydroxyl groups is 1. The number of thiophene rings is 1. The van der Waals surface area contributed by atoms with Crippen LogP contribution in [0.2, 0.25) is 0 Å². The molecule has 1 aromatic carbocycles. The zero-order valence-electron chi connectivity index (χ0n) is 10.2. The third kappa shape index (κ3) is 3.95. The Morgan fingerprint density at radius 2 is 2.26 bits per heavy atom. The van der Waals surface area contributed by atoms with Crippen LogP contribution >= 0.6 is 11.3 Å². The second-order valence-corrected chi connectivity index (χ2v) is 4.64. The summed E-state index contributed by atoms with van der Waals surface area (Å²) in [5.74, 6) is 5.22. The van der Waals surface area contributed by atoms with E-state index in [2.05, 4.69) is 17.2 Å². The Balaban J connectivity index is 2.02. The summed E-state index contributed by atoms with van der Waals surface area (Å²) < 4.78 is 0. The molecule has 1 amide bonds. The molecule has 2 rings (SSSR count). The molecular formula is C15H13NO2S. The molecule has 1 aromatic heterocycles. The van der Waals surface area contributed by atoms with Gasteiger partial charge in [0.05, 0.1) is 0 Å². The van der Waals surface area contributed by atoms with E-state index in [1.165, 1.54) is 0 Å². The van der Waals surface area contributed by atoms with Crippen molar-refractivity contribution in [2.45, 2.75) is 6.54 Å². The average Bonchev–Trinajstić information content (AvgIpc) is 2.96. The standard InChI is InChI=1S/C15H13NO2S/c17-7-2-4-12-3-1-5-14(9-12)15(18)16-10-13-6-8-19-11-13/h1,3,5-6,8-9,11,17H,7,10H2,(H,16,18). The van der Waals surface area contributed by atoms with Gasteiger partial charge in [-0.25, -0.2) is 0 Å². The van der Waals surface area contributed by atoms with Gasteiger partial charge in [0.15, 0.2) is 0 Å². The maximum Gasteiger partial charge on any atom is 0.251 e. The van der Waals surface area contributed by atoms with E-state index in [0.717, 1.165) is 11.1 Å². The molecule has 1 heterocycles. The van der Waals surface area contributed by atoms with Gasteiger partial charge >= 0.3 is 0 Å². The summed E-state index contributed by atoms with van der Waals surface area (Å²) in [6.45, 7) is 0.337. The van der Waals surface area contributed by atoms with E-state index in [4.69, 9.17) is 5.11 Å². The minimum absolute atomic E-state index is 0.126. The molecule has 0 spiro atoms. The van der Waals surface area contributed by atoms with Crippen LogP contribution in [0.15, 0.2) is 41.1 Å². The van der Waals surface area contributed by atoms with Gasteiger partial charge < -0.3 is 10.4 Å². The van der Waals surface area contributed by atoms with E-state index in [1.54, 1.807) is 35.6 Å². The second kappa shape index (κ2) is 6.74. The van der Waals surface area contributed by atoms with Crippen molar-refractivity contribution < 1.29 is 9.90 Å². The lowest BCUT2D eigenvalue weighted by Gasteiger charge is -2.04. The van der Waals surface area contributed by atoms with Crippen LogP contribution in [0.5, 0.6) is 0 Å². The molecule has 0 aliphatic rings. The van der Waals surface area contributed by atoms with Crippen LogP contribution in [0, 0.1) is 11.8 Å². The van der Waals surface area contributed by atoms with Gasteiger partial charge in [-0.05, 0) is 40.6 Å². The van der Waals surface area contributed by atoms with Gasteiger partial charge in [0, 0.05) is 17.7 Å². The van der Waals surface area contributed by atoms with Gasteiger partial charge in [-0.15, -0.1) is 0 Å². The fourth-order valence-electron chi connectivity index (χ4n) is 1.56. The Morgan fingerprint density at radius 1 is 1.37 bits per heavy atom. The Hall–Kier alpha value is -2.09. The number of hydrogen-bond acceptors (Lipinski definition) is 3. The van der Waals surface area contributed by atoms with Crippen molar-refractivity contribution in [2.75, 3.05) is 6.61 Å². The lowest BCUT2D eigenvalue weighted by Crippen LogP contribution is -2.22. The number of rotatable bonds is 3. The van der Waals surface area contributed by atoms with E-state index in [-0.39, 0.29) is 12.5 Å². The monoisotopic (exact) mass is 271 g/mol. The molecule has 2 aromatic rings. The highest BCUT2D eigenvalue weighted by Crippen LogP contribution is 2.07. The Bertz CT molecular complexity index is 609.